The van der Waals surface area contributed by atoms with Crippen LogP contribution in [0.25, 0.3) is 17.4 Å². The average Bonchev–Trinajstić information content (AvgIpc) is 3.33. The van der Waals surface area contributed by atoms with Gasteiger partial charge in [0.2, 0.25) is 5.82 Å². The molecule has 1 aromatic carbocycles. The lowest BCUT2D eigenvalue weighted by Crippen LogP contribution is -2.12. The maximum atomic E-state index is 9.49. The fourth-order valence-electron chi connectivity index (χ4n) is 2.65. The van der Waals surface area contributed by atoms with Crippen LogP contribution in [-0.4, -0.2) is 26.1 Å². The molecule has 0 aliphatic rings. The molecule has 3 aromatic heterocycles. The Morgan fingerprint density at radius 3 is 2.74 bits per heavy atom. The van der Waals surface area contributed by atoms with E-state index >= 15 is 0 Å². The van der Waals surface area contributed by atoms with E-state index in [1.807, 2.05) is 24.3 Å². The highest BCUT2D eigenvalue weighted by Crippen LogP contribution is 2.23. The van der Waals surface area contributed by atoms with Crippen molar-refractivity contribution in [2.75, 3.05) is 17.6 Å². The normalized spacial score (nSPS) is 10.8. The molecule has 0 spiro atoms. The average molecular weight is 380 g/mol. The number of nitrogens with two attached hydrogens (primary N) is 1. The molecule has 8 nitrogen and oxygen atoms in total. The molecule has 3 heterocycles. The lowest BCUT2D eigenvalue weighted by atomic mass is 10.1. The summed E-state index contributed by atoms with van der Waals surface area (Å²) in [5, 5.41) is 17.6. The smallest absolute Gasteiger partial charge is 0.256 e. The van der Waals surface area contributed by atoms with Gasteiger partial charge in [-0.15, -0.1) is 5.10 Å². The van der Waals surface area contributed by atoms with Gasteiger partial charge in [-0.2, -0.15) is 19.7 Å². The standard InChI is InChI=1S/C18H14ClN7O/c19-12-5-3-11(4-6-12)7-8-22-16-13(10-20)15(21)26-18(23-16)24-17(25-26)14-2-1-9-27-14/h1-6,9H,7-8,21H2,(H,22,23,24,25). The molecular weight excluding hydrogens is 366 g/mol. The highest BCUT2D eigenvalue weighted by atomic mass is 35.5. The van der Waals surface area contributed by atoms with Crippen molar-refractivity contribution in [1.29, 1.82) is 5.26 Å². The summed E-state index contributed by atoms with van der Waals surface area (Å²) in [6.07, 6.45) is 2.27. The molecule has 0 aliphatic heterocycles. The number of furan rings is 1. The van der Waals surface area contributed by atoms with Crippen LogP contribution >= 0.6 is 11.6 Å². The van der Waals surface area contributed by atoms with E-state index in [9.17, 15) is 5.26 Å². The Kier molecular flexibility index (Phi) is 4.36. The Labute approximate surface area is 159 Å². The molecular formula is C18H14ClN7O. The first-order valence-electron chi connectivity index (χ1n) is 8.14. The van der Waals surface area contributed by atoms with Crippen molar-refractivity contribution < 1.29 is 4.42 Å². The molecule has 0 aliphatic carbocycles. The Morgan fingerprint density at radius 1 is 1.22 bits per heavy atom. The Bertz CT molecular complexity index is 1130. The number of halogens is 1. The first kappa shape index (κ1) is 16.9. The van der Waals surface area contributed by atoms with Gasteiger partial charge >= 0.3 is 0 Å². The predicted octanol–water partition coefficient (Wildman–Crippen LogP) is 3.15. The molecule has 27 heavy (non-hydrogen) atoms. The zero-order chi connectivity index (χ0) is 18.8. The van der Waals surface area contributed by atoms with E-state index in [1.54, 1.807) is 12.1 Å². The molecule has 0 bridgehead atoms. The number of fused-ring (bicyclic) bond motifs is 1. The van der Waals surface area contributed by atoms with Crippen molar-refractivity contribution in [2.45, 2.75) is 6.42 Å². The maximum Gasteiger partial charge on any atom is 0.256 e. The molecule has 0 fully saturated rings. The summed E-state index contributed by atoms with van der Waals surface area (Å²) in [6, 6.07) is 13.1. The highest BCUT2D eigenvalue weighted by Gasteiger charge is 2.17. The van der Waals surface area contributed by atoms with Crippen molar-refractivity contribution in [3.8, 4) is 17.7 Å². The van der Waals surface area contributed by atoms with E-state index in [0.29, 0.717) is 29.0 Å². The van der Waals surface area contributed by atoms with E-state index in [2.05, 4.69) is 26.5 Å². The lowest BCUT2D eigenvalue weighted by Gasteiger charge is -2.09. The summed E-state index contributed by atoms with van der Waals surface area (Å²) < 4.78 is 6.64. The first-order valence-corrected chi connectivity index (χ1v) is 8.52. The Morgan fingerprint density at radius 2 is 2.04 bits per heavy atom. The second-order valence-corrected chi connectivity index (χ2v) is 6.20. The van der Waals surface area contributed by atoms with E-state index in [4.69, 9.17) is 21.8 Å². The molecule has 0 unspecified atom stereocenters. The van der Waals surface area contributed by atoms with Crippen LogP contribution in [0.5, 0.6) is 0 Å². The third kappa shape index (κ3) is 3.28. The van der Waals surface area contributed by atoms with Gasteiger partial charge in [0.05, 0.1) is 6.26 Å². The molecule has 134 valence electrons. The van der Waals surface area contributed by atoms with Gasteiger partial charge in [-0.25, -0.2) is 0 Å². The van der Waals surface area contributed by atoms with Crippen LogP contribution in [-0.2, 0) is 6.42 Å². The quantitative estimate of drug-likeness (QED) is 0.546. The highest BCUT2D eigenvalue weighted by molar-refractivity contribution is 6.30. The molecule has 4 aromatic rings. The minimum atomic E-state index is 0.168. The van der Waals surface area contributed by atoms with Gasteiger partial charge in [-0.1, -0.05) is 23.7 Å². The number of nitrogens with zero attached hydrogens (tertiary/aromatic N) is 5. The number of hydrogen-bond donors (Lipinski definition) is 2. The minimum Gasteiger partial charge on any atom is -0.461 e. The monoisotopic (exact) mass is 379 g/mol. The third-order valence-corrected chi connectivity index (χ3v) is 4.25. The van der Waals surface area contributed by atoms with Crippen molar-refractivity contribution in [2.24, 2.45) is 0 Å². The van der Waals surface area contributed by atoms with Crippen molar-refractivity contribution in [1.82, 2.24) is 19.6 Å². The SMILES string of the molecule is N#Cc1c(NCCc2ccc(Cl)cc2)nc2nc(-c3ccco3)nn2c1N. The first-order chi connectivity index (χ1) is 13.2. The van der Waals surface area contributed by atoms with Crippen LogP contribution in [0.15, 0.2) is 47.1 Å². The minimum absolute atomic E-state index is 0.168. The van der Waals surface area contributed by atoms with Crippen molar-refractivity contribution in [3.05, 3.63) is 58.8 Å². The Balaban J connectivity index is 1.61. The number of nitrogens with one attached hydrogen (secondary N) is 1. The summed E-state index contributed by atoms with van der Waals surface area (Å²) in [4.78, 5) is 8.73. The van der Waals surface area contributed by atoms with E-state index in [-0.39, 0.29) is 17.2 Å². The van der Waals surface area contributed by atoms with Gasteiger partial charge in [0, 0.05) is 11.6 Å². The summed E-state index contributed by atoms with van der Waals surface area (Å²) >= 11 is 5.90. The van der Waals surface area contributed by atoms with Gasteiger partial charge in [-0.05, 0) is 36.2 Å². The lowest BCUT2D eigenvalue weighted by molar-refractivity contribution is 0.577. The maximum absolute atomic E-state index is 9.49. The zero-order valence-electron chi connectivity index (χ0n) is 14.1. The van der Waals surface area contributed by atoms with E-state index in [1.165, 1.54) is 10.8 Å². The number of nitrogen functional groups attached to an aromatic ring is 1. The van der Waals surface area contributed by atoms with Crippen LogP contribution in [0.4, 0.5) is 11.6 Å². The predicted molar refractivity (Wildman–Crippen MR) is 101 cm³/mol. The number of hydrogen-bond acceptors (Lipinski definition) is 7. The van der Waals surface area contributed by atoms with E-state index < -0.39 is 0 Å². The van der Waals surface area contributed by atoms with Gasteiger partial charge < -0.3 is 15.5 Å². The van der Waals surface area contributed by atoms with Gasteiger partial charge in [-0.3, -0.25) is 0 Å². The number of nitriles is 1. The molecule has 4 rings (SSSR count). The summed E-state index contributed by atoms with van der Waals surface area (Å²) in [7, 11) is 0. The zero-order valence-corrected chi connectivity index (χ0v) is 14.8. The van der Waals surface area contributed by atoms with E-state index in [0.717, 1.165) is 12.0 Å². The number of benzene rings is 1. The van der Waals surface area contributed by atoms with Crippen LogP contribution in [0, 0.1) is 11.3 Å². The fourth-order valence-corrected chi connectivity index (χ4v) is 2.77. The molecule has 0 saturated heterocycles. The molecule has 3 N–H and O–H groups in total. The topological polar surface area (TPSA) is 118 Å². The summed E-state index contributed by atoms with van der Waals surface area (Å²) in [5.41, 5.74) is 7.44. The van der Waals surface area contributed by atoms with Gasteiger partial charge in [0.25, 0.3) is 5.78 Å². The van der Waals surface area contributed by atoms with Crippen LogP contribution in [0.3, 0.4) is 0 Å². The number of aromatic nitrogens is 4. The second-order valence-electron chi connectivity index (χ2n) is 5.76. The van der Waals surface area contributed by atoms with Gasteiger partial charge in [0.1, 0.15) is 11.6 Å². The van der Waals surface area contributed by atoms with Gasteiger partial charge in [0.15, 0.2) is 17.4 Å². The molecule has 0 radical (unpaired) electrons. The van der Waals surface area contributed by atoms with Crippen LogP contribution in [0.1, 0.15) is 11.1 Å². The fraction of sp³-hybridized carbons (Fsp3) is 0.111. The molecule has 0 saturated carbocycles. The summed E-state index contributed by atoms with van der Waals surface area (Å²) in [6.45, 7) is 0.568. The summed E-state index contributed by atoms with van der Waals surface area (Å²) in [5.74, 6) is 1.67. The van der Waals surface area contributed by atoms with Crippen molar-refractivity contribution >= 4 is 29.0 Å². The molecule has 0 amide bonds. The Hall–Kier alpha value is -3.57. The van der Waals surface area contributed by atoms with Crippen LogP contribution < -0.4 is 11.1 Å². The molecule has 0 atom stereocenters. The largest absolute Gasteiger partial charge is 0.461 e. The van der Waals surface area contributed by atoms with Crippen molar-refractivity contribution in [3.63, 3.8) is 0 Å². The molecule has 9 heteroatoms. The van der Waals surface area contributed by atoms with Crippen LogP contribution in [0.2, 0.25) is 5.02 Å². The number of anilines is 2. The second kappa shape index (κ2) is 6.97. The third-order valence-electron chi connectivity index (χ3n) is 4.00. The number of rotatable bonds is 5.